The van der Waals surface area contributed by atoms with Crippen LogP contribution >= 0.6 is 11.6 Å². The fourth-order valence-electron chi connectivity index (χ4n) is 3.90. The molecule has 1 amide bonds. The molecule has 22 heavy (non-hydrogen) atoms. The highest BCUT2D eigenvalue weighted by Gasteiger charge is 2.42. The van der Waals surface area contributed by atoms with E-state index in [2.05, 4.69) is 6.07 Å². The van der Waals surface area contributed by atoms with E-state index < -0.39 is 0 Å². The lowest BCUT2D eigenvalue weighted by Crippen LogP contribution is -2.47. The van der Waals surface area contributed by atoms with Crippen molar-refractivity contribution in [3.63, 3.8) is 0 Å². The Hall–Kier alpha value is -1.26. The van der Waals surface area contributed by atoms with Crippen molar-refractivity contribution < 1.29 is 9.53 Å². The summed E-state index contributed by atoms with van der Waals surface area (Å²) in [6.45, 7) is 3.17. The van der Waals surface area contributed by atoms with Gasteiger partial charge in [-0.05, 0) is 50.3 Å². The quantitative estimate of drug-likeness (QED) is 0.928. The van der Waals surface area contributed by atoms with Gasteiger partial charge in [-0.25, -0.2) is 4.79 Å². The number of carbonyl (C=O) groups is 1. The lowest BCUT2D eigenvalue weighted by atomic mass is 9.68. The van der Waals surface area contributed by atoms with Crippen LogP contribution < -0.4 is 5.73 Å². The molecule has 4 nitrogen and oxygen atoms in total. The van der Waals surface area contributed by atoms with Crippen LogP contribution in [0.1, 0.15) is 38.2 Å². The normalized spacial score (nSPS) is 32.1. The fourth-order valence-corrected chi connectivity index (χ4v) is 4.09. The van der Waals surface area contributed by atoms with E-state index in [1.807, 2.05) is 30.0 Å². The number of rotatable bonds is 3. The number of hydrogen-bond donors (Lipinski definition) is 1. The molecule has 1 aliphatic carbocycles. The smallest absolute Gasteiger partial charge is 0.410 e. The standard InChI is InChI=1S/C17H23ClN2O2/c1-12-10-22-16(21)20(12)15-5-7-17(11-19,8-6-15)13-3-2-4-14(18)9-13/h2-4,9,12,15H,5-8,10-11,19H2,1H3/t12-,15-,17-/m0/s1. The molecule has 1 saturated carbocycles. The summed E-state index contributed by atoms with van der Waals surface area (Å²) in [5.74, 6) is 0. The number of cyclic esters (lactones) is 1. The van der Waals surface area contributed by atoms with Gasteiger partial charge in [0.1, 0.15) is 6.61 Å². The van der Waals surface area contributed by atoms with E-state index in [9.17, 15) is 4.79 Å². The zero-order valence-electron chi connectivity index (χ0n) is 12.9. The van der Waals surface area contributed by atoms with Crippen LogP contribution in [0.25, 0.3) is 0 Å². The summed E-state index contributed by atoms with van der Waals surface area (Å²) in [5, 5.41) is 0.754. The predicted octanol–water partition coefficient (Wildman–Crippen LogP) is 3.32. The molecule has 0 spiro atoms. The summed E-state index contributed by atoms with van der Waals surface area (Å²) in [4.78, 5) is 13.8. The molecule has 1 heterocycles. The fraction of sp³-hybridized carbons (Fsp3) is 0.588. The second kappa shape index (κ2) is 6.09. The van der Waals surface area contributed by atoms with E-state index in [1.165, 1.54) is 5.56 Å². The Bertz CT molecular complexity index is 555. The summed E-state index contributed by atoms with van der Waals surface area (Å²) in [6, 6.07) is 8.47. The van der Waals surface area contributed by atoms with E-state index in [-0.39, 0.29) is 23.6 Å². The maximum Gasteiger partial charge on any atom is 0.410 e. The van der Waals surface area contributed by atoms with Gasteiger partial charge in [0.25, 0.3) is 0 Å². The average Bonchev–Trinajstić information content (AvgIpc) is 2.86. The maximum absolute atomic E-state index is 11.9. The predicted molar refractivity (Wildman–Crippen MR) is 87.1 cm³/mol. The third-order valence-corrected chi connectivity index (χ3v) is 5.50. The van der Waals surface area contributed by atoms with Gasteiger partial charge in [-0.2, -0.15) is 0 Å². The largest absolute Gasteiger partial charge is 0.447 e. The molecule has 1 aliphatic heterocycles. The van der Waals surface area contributed by atoms with Crippen LogP contribution in [0, 0.1) is 0 Å². The van der Waals surface area contributed by atoms with Gasteiger partial charge in [0, 0.05) is 23.0 Å². The van der Waals surface area contributed by atoms with Crippen LogP contribution in [-0.4, -0.2) is 36.2 Å². The van der Waals surface area contributed by atoms with Crippen molar-refractivity contribution in [3.8, 4) is 0 Å². The molecule has 3 rings (SSSR count). The number of halogens is 1. The van der Waals surface area contributed by atoms with Crippen LogP contribution in [-0.2, 0) is 10.2 Å². The lowest BCUT2D eigenvalue weighted by Gasteiger charge is -2.42. The highest BCUT2D eigenvalue weighted by molar-refractivity contribution is 6.30. The number of nitrogens with two attached hydrogens (primary N) is 1. The summed E-state index contributed by atoms with van der Waals surface area (Å²) in [6.07, 6.45) is 3.71. The molecule has 0 bridgehead atoms. The molecular weight excluding hydrogens is 300 g/mol. The Morgan fingerprint density at radius 3 is 2.68 bits per heavy atom. The molecule has 1 aromatic carbocycles. The zero-order chi connectivity index (χ0) is 15.7. The second-order valence-corrected chi connectivity index (χ2v) is 7.00. The van der Waals surface area contributed by atoms with Gasteiger partial charge < -0.3 is 10.5 Å². The molecule has 120 valence electrons. The van der Waals surface area contributed by atoms with E-state index in [0.717, 1.165) is 30.7 Å². The van der Waals surface area contributed by atoms with E-state index in [0.29, 0.717) is 13.2 Å². The number of nitrogens with zero attached hydrogens (tertiary/aromatic N) is 1. The van der Waals surface area contributed by atoms with Crippen molar-refractivity contribution in [2.24, 2.45) is 5.73 Å². The van der Waals surface area contributed by atoms with Gasteiger partial charge in [0.05, 0.1) is 6.04 Å². The Kier molecular flexibility index (Phi) is 4.33. The lowest BCUT2D eigenvalue weighted by molar-refractivity contribution is 0.119. The number of ether oxygens (including phenoxy) is 1. The summed E-state index contributed by atoms with van der Waals surface area (Å²) >= 11 is 6.14. The van der Waals surface area contributed by atoms with E-state index >= 15 is 0 Å². The minimum Gasteiger partial charge on any atom is -0.447 e. The van der Waals surface area contributed by atoms with Crippen molar-refractivity contribution in [1.29, 1.82) is 0 Å². The minimum absolute atomic E-state index is 0.0196. The van der Waals surface area contributed by atoms with Gasteiger partial charge in [0.15, 0.2) is 0 Å². The summed E-state index contributed by atoms with van der Waals surface area (Å²) in [7, 11) is 0. The molecule has 5 heteroatoms. The minimum atomic E-state index is -0.166. The molecule has 0 aromatic heterocycles. The first-order chi connectivity index (χ1) is 10.6. The number of benzene rings is 1. The maximum atomic E-state index is 11.9. The SMILES string of the molecule is C[C@H]1COC(=O)N1[C@H]1CC[C@](CN)(c2cccc(Cl)c2)CC1. The van der Waals surface area contributed by atoms with Crippen molar-refractivity contribution in [2.75, 3.05) is 13.2 Å². The molecule has 1 atom stereocenters. The van der Waals surface area contributed by atoms with Gasteiger partial charge in [-0.1, -0.05) is 23.7 Å². The molecule has 2 fully saturated rings. The molecule has 2 N–H and O–H groups in total. The van der Waals surface area contributed by atoms with Crippen molar-refractivity contribution in [3.05, 3.63) is 34.9 Å². The van der Waals surface area contributed by atoms with Crippen LogP contribution in [0.4, 0.5) is 4.79 Å². The Morgan fingerprint density at radius 1 is 1.41 bits per heavy atom. The van der Waals surface area contributed by atoms with E-state index in [1.54, 1.807) is 0 Å². The van der Waals surface area contributed by atoms with E-state index in [4.69, 9.17) is 22.1 Å². The van der Waals surface area contributed by atoms with Crippen molar-refractivity contribution >= 4 is 17.7 Å². The van der Waals surface area contributed by atoms with Crippen LogP contribution in [0.2, 0.25) is 5.02 Å². The van der Waals surface area contributed by atoms with Gasteiger partial charge in [0.2, 0.25) is 0 Å². The third-order valence-electron chi connectivity index (χ3n) is 5.27. The van der Waals surface area contributed by atoms with Crippen LogP contribution in [0.3, 0.4) is 0 Å². The van der Waals surface area contributed by atoms with Crippen molar-refractivity contribution in [1.82, 2.24) is 4.90 Å². The van der Waals surface area contributed by atoms with Crippen LogP contribution in [0.15, 0.2) is 24.3 Å². The topological polar surface area (TPSA) is 55.6 Å². The summed E-state index contributed by atoms with van der Waals surface area (Å²) < 4.78 is 5.15. The molecular formula is C17H23ClN2O2. The Morgan fingerprint density at radius 2 is 2.14 bits per heavy atom. The number of amides is 1. The molecule has 0 radical (unpaired) electrons. The third kappa shape index (κ3) is 2.70. The first kappa shape index (κ1) is 15.6. The zero-order valence-corrected chi connectivity index (χ0v) is 13.7. The highest BCUT2D eigenvalue weighted by Crippen LogP contribution is 2.41. The molecule has 0 unspecified atom stereocenters. The number of hydrogen-bond acceptors (Lipinski definition) is 3. The molecule has 1 aromatic rings. The Balaban J connectivity index is 1.75. The first-order valence-electron chi connectivity index (χ1n) is 7.97. The highest BCUT2D eigenvalue weighted by atomic mass is 35.5. The summed E-state index contributed by atoms with van der Waals surface area (Å²) in [5.41, 5.74) is 7.33. The average molecular weight is 323 g/mol. The second-order valence-electron chi connectivity index (χ2n) is 6.56. The number of carbonyl (C=O) groups excluding carboxylic acids is 1. The monoisotopic (exact) mass is 322 g/mol. The first-order valence-corrected chi connectivity index (χ1v) is 8.35. The van der Waals surface area contributed by atoms with Crippen LogP contribution in [0.5, 0.6) is 0 Å². The molecule has 2 aliphatic rings. The van der Waals surface area contributed by atoms with Crippen molar-refractivity contribution in [2.45, 2.75) is 50.1 Å². The Labute approximate surface area is 136 Å². The van der Waals surface area contributed by atoms with Gasteiger partial charge in [-0.15, -0.1) is 0 Å². The molecule has 1 saturated heterocycles. The van der Waals surface area contributed by atoms with Gasteiger partial charge >= 0.3 is 6.09 Å². The van der Waals surface area contributed by atoms with Gasteiger partial charge in [-0.3, -0.25) is 4.90 Å².